The number of nitrogens with one attached hydrogen (secondary N) is 1. The van der Waals surface area contributed by atoms with Crippen LogP contribution in [0.2, 0.25) is 10.0 Å². The molecule has 1 N–H and O–H groups in total. The minimum absolute atomic E-state index is 0.162. The molecule has 0 unspecified atom stereocenters. The van der Waals surface area contributed by atoms with Crippen LogP contribution in [-0.2, 0) is 16.2 Å². The van der Waals surface area contributed by atoms with Gasteiger partial charge >= 0.3 is 6.03 Å². The van der Waals surface area contributed by atoms with Gasteiger partial charge in [-0.2, -0.15) is 0 Å². The summed E-state index contributed by atoms with van der Waals surface area (Å²) < 4.78 is 7.37. The Kier molecular flexibility index (Phi) is 7.66. The molecule has 1 fully saturated rings. The number of carbonyl (C=O) groups is 3. The van der Waals surface area contributed by atoms with E-state index in [-0.39, 0.29) is 27.9 Å². The third-order valence-electron chi connectivity index (χ3n) is 5.10. The van der Waals surface area contributed by atoms with Crippen molar-refractivity contribution < 1.29 is 19.1 Å². The fourth-order valence-corrected chi connectivity index (χ4v) is 5.02. The van der Waals surface area contributed by atoms with Gasteiger partial charge in [0.2, 0.25) is 0 Å². The summed E-state index contributed by atoms with van der Waals surface area (Å²) in [6, 6.07) is 14.8. The Morgan fingerprint density at radius 3 is 2.37 bits per heavy atom. The normalized spacial score (nSPS) is 14.9. The number of hydrogen-bond acceptors (Lipinski definition) is 4. The zero-order chi connectivity index (χ0) is 25.3. The van der Waals surface area contributed by atoms with E-state index in [9.17, 15) is 14.4 Å². The molecule has 0 spiro atoms. The first-order valence-electron chi connectivity index (χ1n) is 10.2. The number of rotatable bonds is 5. The SMILES string of the molecule is Cc1ccc(COc2c(Br)cc(Br)cc2/C=C2\C(=O)NC(=O)N(c3ccc(Cl)c(Cl)c3)C2=O)cc1. The van der Waals surface area contributed by atoms with Crippen LogP contribution in [0.25, 0.3) is 6.08 Å². The minimum atomic E-state index is -0.887. The number of aryl methyl sites for hydroxylation is 1. The summed E-state index contributed by atoms with van der Waals surface area (Å²) in [6.07, 6.45) is 1.38. The monoisotopic (exact) mass is 636 g/mol. The summed E-state index contributed by atoms with van der Waals surface area (Å²) in [5.41, 5.74) is 2.46. The van der Waals surface area contributed by atoms with Gasteiger partial charge in [-0.25, -0.2) is 9.69 Å². The number of urea groups is 1. The van der Waals surface area contributed by atoms with E-state index in [0.29, 0.717) is 20.3 Å². The van der Waals surface area contributed by atoms with Crippen molar-refractivity contribution in [2.24, 2.45) is 0 Å². The number of amides is 4. The summed E-state index contributed by atoms with van der Waals surface area (Å²) >= 11 is 18.9. The van der Waals surface area contributed by atoms with Crippen molar-refractivity contribution in [3.8, 4) is 5.75 Å². The highest BCUT2D eigenvalue weighted by molar-refractivity contribution is 9.11. The fourth-order valence-electron chi connectivity index (χ4n) is 3.35. The standard InChI is InChI=1S/C25H16Br2Cl2N2O4/c1-13-2-4-14(5-3-13)12-35-22-15(8-16(26)10-19(22)27)9-18-23(32)30-25(34)31(24(18)33)17-6-7-20(28)21(29)11-17/h2-11H,12H2,1H3,(H,30,32,34)/b18-9+. The van der Waals surface area contributed by atoms with Crippen LogP contribution in [0, 0.1) is 6.92 Å². The van der Waals surface area contributed by atoms with Crippen molar-refractivity contribution in [3.05, 3.63) is 95.9 Å². The van der Waals surface area contributed by atoms with Gasteiger partial charge in [0, 0.05) is 10.0 Å². The molecular weight excluding hydrogens is 623 g/mol. The lowest BCUT2D eigenvalue weighted by Crippen LogP contribution is -2.54. The summed E-state index contributed by atoms with van der Waals surface area (Å²) in [5, 5.41) is 2.62. The predicted octanol–water partition coefficient (Wildman–Crippen LogP) is 7.07. The quantitative estimate of drug-likeness (QED) is 0.240. The molecule has 35 heavy (non-hydrogen) atoms. The molecule has 0 bridgehead atoms. The number of benzene rings is 3. The molecule has 3 aromatic rings. The smallest absolute Gasteiger partial charge is 0.335 e. The number of hydrogen-bond donors (Lipinski definition) is 1. The van der Waals surface area contributed by atoms with Crippen molar-refractivity contribution in [3.63, 3.8) is 0 Å². The van der Waals surface area contributed by atoms with E-state index in [2.05, 4.69) is 37.2 Å². The lowest BCUT2D eigenvalue weighted by molar-refractivity contribution is -0.122. The Hall–Kier alpha value is -2.65. The molecule has 10 heteroatoms. The molecule has 0 aliphatic carbocycles. The summed E-state index contributed by atoms with van der Waals surface area (Å²) in [4.78, 5) is 39.3. The van der Waals surface area contributed by atoms with E-state index in [1.54, 1.807) is 12.1 Å². The average Bonchev–Trinajstić information content (AvgIpc) is 2.79. The Morgan fingerprint density at radius 2 is 1.69 bits per heavy atom. The highest BCUT2D eigenvalue weighted by atomic mass is 79.9. The van der Waals surface area contributed by atoms with Crippen LogP contribution in [0.15, 0.2) is 69.1 Å². The molecule has 0 radical (unpaired) electrons. The molecule has 1 aliphatic rings. The first kappa shape index (κ1) is 25.4. The first-order valence-corrected chi connectivity index (χ1v) is 12.5. The molecule has 0 atom stereocenters. The largest absolute Gasteiger partial charge is 0.487 e. The van der Waals surface area contributed by atoms with Crippen molar-refractivity contribution in [2.75, 3.05) is 4.90 Å². The number of ether oxygens (including phenoxy) is 1. The molecule has 178 valence electrons. The van der Waals surface area contributed by atoms with Crippen LogP contribution in [-0.4, -0.2) is 17.8 Å². The average molecular weight is 639 g/mol. The lowest BCUT2D eigenvalue weighted by atomic mass is 10.1. The maximum Gasteiger partial charge on any atom is 0.335 e. The molecule has 4 amide bonds. The maximum atomic E-state index is 13.3. The zero-order valence-electron chi connectivity index (χ0n) is 18.1. The topological polar surface area (TPSA) is 75.7 Å². The van der Waals surface area contributed by atoms with Crippen molar-refractivity contribution in [1.82, 2.24) is 5.32 Å². The Labute approximate surface area is 228 Å². The highest BCUT2D eigenvalue weighted by Crippen LogP contribution is 2.36. The van der Waals surface area contributed by atoms with Crippen LogP contribution in [0.1, 0.15) is 16.7 Å². The molecular formula is C25H16Br2Cl2N2O4. The number of nitrogens with zero attached hydrogens (tertiary/aromatic N) is 1. The van der Waals surface area contributed by atoms with E-state index >= 15 is 0 Å². The number of barbiturate groups is 1. The number of carbonyl (C=O) groups excluding carboxylic acids is 3. The third-order valence-corrected chi connectivity index (χ3v) is 6.89. The molecule has 0 aromatic heterocycles. The lowest BCUT2D eigenvalue weighted by Gasteiger charge is -2.26. The molecule has 1 aliphatic heterocycles. The van der Waals surface area contributed by atoms with Gasteiger partial charge in [0.1, 0.15) is 17.9 Å². The molecule has 0 saturated carbocycles. The molecule has 4 rings (SSSR count). The zero-order valence-corrected chi connectivity index (χ0v) is 22.8. The predicted molar refractivity (Wildman–Crippen MR) is 143 cm³/mol. The highest BCUT2D eigenvalue weighted by Gasteiger charge is 2.37. The second kappa shape index (κ2) is 10.5. The van der Waals surface area contributed by atoms with E-state index in [1.165, 1.54) is 24.3 Å². The van der Waals surface area contributed by atoms with Crippen molar-refractivity contribution in [1.29, 1.82) is 0 Å². The van der Waals surface area contributed by atoms with Gasteiger partial charge in [0.15, 0.2) is 0 Å². The third kappa shape index (κ3) is 5.62. The molecule has 1 heterocycles. The first-order chi connectivity index (χ1) is 16.6. The summed E-state index contributed by atoms with van der Waals surface area (Å²) in [5.74, 6) is -1.20. The molecule has 6 nitrogen and oxygen atoms in total. The van der Waals surface area contributed by atoms with E-state index in [0.717, 1.165) is 16.0 Å². The van der Waals surface area contributed by atoms with E-state index < -0.39 is 17.8 Å². The number of anilines is 1. The van der Waals surface area contributed by atoms with Crippen LogP contribution < -0.4 is 15.0 Å². The van der Waals surface area contributed by atoms with Gasteiger partial charge in [-0.15, -0.1) is 0 Å². The van der Waals surface area contributed by atoms with Crippen LogP contribution in [0.5, 0.6) is 5.75 Å². The van der Waals surface area contributed by atoms with Crippen molar-refractivity contribution in [2.45, 2.75) is 13.5 Å². The van der Waals surface area contributed by atoms with Gasteiger partial charge in [0.25, 0.3) is 11.8 Å². The van der Waals surface area contributed by atoms with Crippen LogP contribution in [0.3, 0.4) is 0 Å². The fraction of sp³-hybridized carbons (Fsp3) is 0.0800. The maximum absolute atomic E-state index is 13.3. The summed E-state index contributed by atoms with van der Waals surface area (Å²) in [7, 11) is 0. The summed E-state index contributed by atoms with van der Waals surface area (Å²) in [6.45, 7) is 2.27. The molecule has 3 aromatic carbocycles. The Bertz CT molecular complexity index is 1390. The van der Waals surface area contributed by atoms with Gasteiger partial charge in [-0.1, -0.05) is 69.0 Å². The van der Waals surface area contributed by atoms with E-state index in [4.69, 9.17) is 27.9 Å². The number of imide groups is 2. The number of halogens is 4. The van der Waals surface area contributed by atoms with Crippen molar-refractivity contribution >= 4 is 84.7 Å². The minimum Gasteiger partial charge on any atom is -0.487 e. The second-order valence-corrected chi connectivity index (χ2v) is 10.2. The van der Waals surface area contributed by atoms with E-state index in [1.807, 2.05) is 31.2 Å². The second-order valence-electron chi connectivity index (χ2n) is 7.64. The Balaban J connectivity index is 1.71. The van der Waals surface area contributed by atoms with Gasteiger partial charge in [-0.05, 0) is 64.8 Å². The Morgan fingerprint density at radius 1 is 0.971 bits per heavy atom. The van der Waals surface area contributed by atoms with Crippen LogP contribution in [0.4, 0.5) is 10.5 Å². The van der Waals surface area contributed by atoms with Gasteiger partial charge < -0.3 is 4.74 Å². The van der Waals surface area contributed by atoms with Gasteiger partial charge in [-0.3, -0.25) is 14.9 Å². The van der Waals surface area contributed by atoms with Gasteiger partial charge in [0.05, 0.1) is 20.2 Å². The van der Waals surface area contributed by atoms with Crippen LogP contribution >= 0.6 is 55.1 Å². The molecule has 1 saturated heterocycles.